The molecule has 76 valence electrons. The van der Waals surface area contributed by atoms with Gasteiger partial charge in [0.1, 0.15) is 0 Å². The van der Waals surface area contributed by atoms with Crippen molar-refractivity contribution >= 4 is 5.91 Å². The number of nitrogens with two attached hydrogens (primary N) is 1. The molecule has 1 amide bonds. The monoisotopic (exact) mass is 194 g/mol. The Kier molecular flexibility index (Phi) is 4.00. The summed E-state index contributed by atoms with van der Waals surface area (Å²) in [6.45, 7) is 2.08. The molecule has 0 spiro atoms. The van der Waals surface area contributed by atoms with E-state index in [1.54, 1.807) is 6.20 Å². The SMILES string of the molecule is CCCCc1nccnc1C(=O)NN. The van der Waals surface area contributed by atoms with Crippen LogP contribution in [0.25, 0.3) is 0 Å². The number of nitrogens with zero attached hydrogens (tertiary/aromatic N) is 2. The van der Waals surface area contributed by atoms with Gasteiger partial charge >= 0.3 is 0 Å². The highest BCUT2D eigenvalue weighted by Crippen LogP contribution is 2.05. The number of hydrazine groups is 1. The van der Waals surface area contributed by atoms with Gasteiger partial charge in [-0.3, -0.25) is 15.2 Å². The molecule has 1 heterocycles. The molecule has 0 atom stereocenters. The standard InChI is InChI=1S/C9H14N4O/c1-2-3-4-7-8(9(14)13-10)12-6-5-11-7/h5-6H,2-4,10H2,1H3,(H,13,14). The van der Waals surface area contributed by atoms with Crippen LogP contribution in [-0.2, 0) is 6.42 Å². The zero-order chi connectivity index (χ0) is 10.4. The van der Waals surface area contributed by atoms with Gasteiger partial charge in [-0.2, -0.15) is 0 Å². The first kappa shape index (κ1) is 10.6. The molecule has 14 heavy (non-hydrogen) atoms. The van der Waals surface area contributed by atoms with Gasteiger partial charge in [-0.15, -0.1) is 0 Å². The number of nitrogens with one attached hydrogen (secondary N) is 1. The molecule has 3 N–H and O–H groups in total. The Balaban J connectivity index is 2.85. The lowest BCUT2D eigenvalue weighted by Gasteiger charge is -2.04. The number of unbranched alkanes of at least 4 members (excludes halogenated alkanes) is 1. The van der Waals surface area contributed by atoms with E-state index in [2.05, 4.69) is 22.3 Å². The number of carbonyl (C=O) groups is 1. The molecule has 0 fully saturated rings. The highest BCUT2D eigenvalue weighted by Gasteiger charge is 2.11. The molecule has 0 aliphatic carbocycles. The van der Waals surface area contributed by atoms with E-state index in [0.29, 0.717) is 11.4 Å². The van der Waals surface area contributed by atoms with Crippen LogP contribution in [0.4, 0.5) is 0 Å². The van der Waals surface area contributed by atoms with Gasteiger partial charge < -0.3 is 0 Å². The summed E-state index contributed by atoms with van der Waals surface area (Å²) < 4.78 is 0. The zero-order valence-electron chi connectivity index (χ0n) is 8.16. The predicted octanol–water partition coefficient (Wildman–Crippen LogP) is 0.423. The van der Waals surface area contributed by atoms with Crippen LogP contribution in [0, 0.1) is 0 Å². The van der Waals surface area contributed by atoms with Crippen molar-refractivity contribution in [2.45, 2.75) is 26.2 Å². The van der Waals surface area contributed by atoms with Crippen LogP contribution in [0.15, 0.2) is 12.4 Å². The predicted molar refractivity (Wildman–Crippen MR) is 52.3 cm³/mol. The summed E-state index contributed by atoms with van der Waals surface area (Å²) in [6.07, 6.45) is 5.87. The third-order valence-electron chi connectivity index (χ3n) is 1.89. The van der Waals surface area contributed by atoms with Crippen molar-refractivity contribution in [3.8, 4) is 0 Å². The summed E-state index contributed by atoms with van der Waals surface area (Å²) >= 11 is 0. The van der Waals surface area contributed by atoms with E-state index in [4.69, 9.17) is 5.84 Å². The Morgan fingerprint density at radius 1 is 1.50 bits per heavy atom. The van der Waals surface area contributed by atoms with Gasteiger partial charge in [0.2, 0.25) is 0 Å². The minimum absolute atomic E-state index is 0.323. The van der Waals surface area contributed by atoms with E-state index >= 15 is 0 Å². The number of rotatable bonds is 4. The molecule has 5 heteroatoms. The smallest absolute Gasteiger partial charge is 0.285 e. The van der Waals surface area contributed by atoms with Crippen LogP contribution >= 0.6 is 0 Å². The normalized spacial score (nSPS) is 9.86. The molecule has 0 aliphatic rings. The summed E-state index contributed by atoms with van der Waals surface area (Å²) in [6, 6.07) is 0. The average molecular weight is 194 g/mol. The Morgan fingerprint density at radius 2 is 2.21 bits per heavy atom. The van der Waals surface area contributed by atoms with Crippen molar-refractivity contribution in [2.24, 2.45) is 5.84 Å². The molecule has 0 aliphatic heterocycles. The van der Waals surface area contributed by atoms with E-state index < -0.39 is 0 Å². The molecule has 0 bridgehead atoms. The number of aromatic nitrogens is 2. The number of aryl methyl sites for hydroxylation is 1. The topological polar surface area (TPSA) is 80.9 Å². The molecule has 0 radical (unpaired) electrons. The number of nitrogen functional groups attached to an aromatic ring is 1. The minimum Gasteiger partial charge on any atom is -0.289 e. The number of carbonyl (C=O) groups excluding carboxylic acids is 1. The van der Waals surface area contributed by atoms with Crippen LogP contribution in [0.3, 0.4) is 0 Å². The van der Waals surface area contributed by atoms with Gasteiger partial charge in [0, 0.05) is 12.4 Å². The summed E-state index contributed by atoms with van der Waals surface area (Å²) in [5.74, 6) is 4.65. The first-order valence-electron chi connectivity index (χ1n) is 4.60. The highest BCUT2D eigenvalue weighted by atomic mass is 16.2. The maximum Gasteiger partial charge on any atom is 0.285 e. The van der Waals surface area contributed by atoms with Crippen molar-refractivity contribution in [1.29, 1.82) is 0 Å². The van der Waals surface area contributed by atoms with Crippen molar-refractivity contribution in [1.82, 2.24) is 15.4 Å². The lowest BCUT2D eigenvalue weighted by molar-refractivity contribution is 0.0947. The van der Waals surface area contributed by atoms with E-state index in [0.717, 1.165) is 19.3 Å². The molecule has 5 nitrogen and oxygen atoms in total. The number of hydrogen-bond donors (Lipinski definition) is 2. The van der Waals surface area contributed by atoms with Crippen molar-refractivity contribution in [3.63, 3.8) is 0 Å². The molecular weight excluding hydrogens is 180 g/mol. The summed E-state index contributed by atoms with van der Waals surface area (Å²) in [7, 11) is 0. The molecule has 0 unspecified atom stereocenters. The van der Waals surface area contributed by atoms with E-state index in [1.807, 2.05) is 0 Å². The van der Waals surface area contributed by atoms with Gasteiger partial charge in [-0.1, -0.05) is 13.3 Å². The molecule has 1 rings (SSSR count). The Morgan fingerprint density at radius 3 is 2.86 bits per heavy atom. The van der Waals surface area contributed by atoms with E-state index in [1.165, 1.54) is 6.20 Å². The summed E-state index contributed by atoms with van der Waals surface area (Å²) in [5.41, 5.74) is 3.09. The maximum atomic E-state index is 11.3. The maximum absolute atomic E-state index is 11.3. The largest absolute Gasteiger partial charge is 0.289 e. The van der Waals surface area contributed by atoms with Crippen LogP contribution in [0.2, 0.25) is 0 Å². The first-order valence-corrected chi connectivity index (χ1v) is 4.60. The molecule has 0 aromatic carbocycles. The van der Waals surface area contributed by atoms with Crippen molar-refractivity contribution in [2.75, 3.05) is 0 Å². The fourth-order valence-corrected chi connectivity index (χ4v) is 1.15. The highest BCUT2D eigenvalue weighted by molar-refractivity contribution is 5.92. The van der Waals surface area contributed by atoms with Crippen LogP contribution in [-0.4, -0.2) is 15.9 Å². The van der Waals surface area contributed by atoms with Crippen LogP contribution in [0.5, 0.6) is 0 Å². The lowest BCUT2D eigenvalue weighted by atomic mass is 10.1. The fourth-order valence-electron chi connectivity index (χ4n) is 1.15. The molecule has 0 saturated heterocycles. The average Bonchev–Trinajstić information content (AvgIpc) is 2.25. The molecular formula is C9H14N4O. The van der Waals surface area contributed by atoms with Gasteiger partial charge in [-0.25, -0.2) is 10.8 Å². The third-order valence-corrected chi connectivity index (χ3v) is 1.89. The lowest BCUT2D eigenvalue weighted by Crippen LogP contribution is -2.31. The zero-order valence-corrected chi connectivity index (χ0v) is 8.16. The van der Waals surface area contributed by atoms with Gasteiger partial charge in [0.15, 0.2) is 5.69 Å². The fraction of sp³-hybridized carbons (Fsp3) is 0.444. The minimum atomic E-state index is -0.385. The Bertz CT molecular complexity index is 313. The third kappa shape index (κ3) is 2.50. The number of amides is 1. The van der Waals surface area contributed by atoms with Gasteiger partial charge in [0.05, 0.1) is 5.69 Å². The Hall–Kier alpha value is -1.49. The van der Waals surface area contributed by atoms with Crippen LogP contribution in [0.1, 0.15) is 35.9 Å². The second-order valence-corrected chi connectivity index (χ2v) is 2.93. The summed E-state index contributed by atoms with van der Waals surface area (Å²) in [4.78, 5) is 19.3. The van der Waals surface area contributed by atoms with Gasteiger partial charge in [0.25, 0.3) is 5.91 Å². The summed E-state index contributed by atoms with van der Waals surface area (Å²) in [5, 5.41) is 0. The first-order chi connectivity index (χ1) is 6.79. The van der Waals surface area contributed by atoms with E-state index in [-0.39, 0.29) is 5.91 Å². The van der Waals surface area contributed by atoms with E-state index in [9.17, 15) is 4.79 Å². The molecule has 1 aromatic rings. The second-order valence-electron chi connectivity index (χ2n) is 2.93. The Labute approximate surface area is 82.7 Å². The van der Waals surface area contributed by atoms with Crippen molar-refractivity contribution in [3.05, 3.63) is 23.8 Å². The van der Waals surface area contributed by atoms with Crippen LogP contribution < -0.4 is 11.3 Å². The van der Waals surface area contributed by atoms with Gasteiger partial charge in [-0.05, 0) is 12.8 Å². The number of hydrogen-bond acceptors (Lipinski definition) is 4. The second kappa shape index (κ2) is 5.29. The quantitative estimate of drug-likeness (QED) is 0.413. The molecule has 1 aromatic heterocycles. The van der Waals surface area contributed by atoms with Crippen molar-refractivity contribution < 1.29 is 4.79 Å². The molecule has 0 saturated carbocycles.